The fourth-order valence-corrected chi connectivity index (χ4v) is 11.8. The van der Waals surface area contributed by atoms with Gasteiger partial charge in [0.1, 0.15) is 29.6 Å². The molecule has 4 amide bonds. The van der Waals surface area contributed by atoms with Crippen molar-refractivity contribution in [2.75, 3.05) is 9.80 Å². The number of ether oxygens (including phenoxy) is 1. The van der Waals surface area contributed by atoms with Gasteiger partial charge in [0.25, 0.3) is 0 Å². The average molecular weight is 902 g/mol. The number of allylic oxidation sites excluding steroid dienone is 2. The first-order chi connectivity index (χ1) is 28.8. The standard InChI is InChI=1S/C47H38BrClN4O6S/c1-24-33-19-27(49)11-18-38(33)60-42(24)36-22-39(51(3)50-36)53-44(56)35-21-34-30(16-17-32-40(34)45(57)52(43(32)55)28-12-9-26(48)10-13-28)41(47(35,2)46(53)58)31-15-14-29(20-37(31)54)59-23-25-7-5-4-6-8-25/h4-16,18-20,22,32,34-35,40-41,54H,17,21,23H2,1-3H3. The molecule has 4 heterocycles. The highest BCUT2D eigenvalue weighted by Crippen LogP contribution is 2.64. The lowest BCUT2D eigenvalue weighted by atomic mass is 9.51. The zero-order valence-corrected chi connectivity index (χ0v) is 35.9. The van der Waals surface area contributed by atoms with E-state index in [2.05, 4.69) is 15.9 Å². The number of imide groups is 2. The Morgan fingerprint density at radius 1 is 0.917 bits per heavy atom. The van der Waals surface area contributed by atoms with Gasteiger partial charge in [-0.3, -0.25) is 28.8 Å². The van der Waals surface area contributed by atoms with Crippen LogP contribution in [0.3, 0.4) is 0 Å². The first-order valence-corrected chi connectivity index (χ1v) is 21.8. The number of fused-ring (bicyclic) bond motifs is 5. The SMILES string of the molecule is Cc1c(-c2cc(N3C(=O)C4CC5C(=CCC6C(=O)N(c7ccc(Br)cc7)C(=O)C65)C(c5ccc(OCc6ccccc6)cc5O)C4(C)C3=O)n(C)n2)sc2ccc(Cl)cc12. The fraction of sp³-hybridized carbons (Fsp3) is 0.255. The molecule has 10 rings (SSSR count). The quantitative estimate of drug-likeness (QED) is 0.125. The number of carbonyl (C=O) groups is 4. The van der Waals surface area contributed by atoms with E-state index in [0.717, 1.165) is 36.1 Å². The van der Waals surface area contributed by atoms with Crippen molar-refractivity contribution in [1.82, 2.24) is 9.78 Å². The van der Waals surface area contributed by atoms with E-state index in [1.165, 1.54) is 9.80 Å². The molecule has 302 valence electrons. The number of amides is 4. The number of hydrogen-bond acceptors (Lipinski definition) is 8. The number of aromatic hydroxyl groups is 1. The maximum atomic E-state index is 15.3. The normalized spacial score (nSPS) is 24.8. The predicted molar refractivity (Wildman–Crippen MR) is 234 cm³/mol. The summed E-state index contributed by atoms with van der Waals surface area (Å²) in [5.74, 6) is -4.43. The molecule has 1 saturated carbocycles. The molecule has 0 radical (unpaired) electrons. The third-order valence-electron chi connectivity index (χ3n) is 13.1. The second kappa shape index (κ2) is 14.3. The van der Waals surface area contributed by atoms with E-state index in [1.54, 1.807) is 78.5 Å². The maximum Gasteiger partial charge on any atom is 0.242 e. The van der Waals surface area contributed by atoms with E-state index in [-0.39, 0.29) is 37.0 Å². The number of carbonyl (C=O) groups excluding carboxylic acids is 4. The monoisotopic (exact) mass is 900 g/mol. The molecule has 2 aromatic heterocycles. The molecule has 0 spiro atoms. The molecule has 2 aliphatic carbocycles. The van der Waals surface area contributed by atoms with Gasteiger partial charge in [-0.1, -0.05) is 75.6 Å². The molecule has 4 aliphatic rings. The highest BCUT2D eigenvalue weighted by molar-refractivity contribution is 9.10. The van der Waals surface area contributed by atoms with Crippen LogP contribution in [0.1, 0.15) is 42.4 Å². The molecule has 6 aromatic rings. The van der Waals surface area contributed by atoms with Gasteiger partial charge in [-0.05, 0) is 97.7 Å². The van der Waals surface area contributed by atoms with Gasteiger partial charge in [0.2, 0.25) is 23.6 Å². The highest BCUT2D eigenvalue weighted by atomic mass is 79.9. The van der Waals surface area contributed by atoms with Crippen LogP contribution in [0.5, 0.6) is 11.5 Å². The second-order valence-corrected chi connectivity index (χ2v) is 18.8. The molecule has 6 atom stereocenters. The number of phenolic OH excluding ortho intramolecular Hbond substituents is 1. The van der Waals surface area contributed by atoms with Crippen molar-refractivity contribution in [1.29, 1.82) is 0 Å². The van der Waals surface area contributed by atoms with Gasteiger partial charge in [0.15, 0.2) is 0 Å². The maximum absolute atomic E-state index is 15.3. The molecule has 13 heteroatoms. The minimum Gasteiger partial charge on any atom is -0.508 e. The molecule has 2 saturated heterocycles. The van der Waals surface area contributed by atoms with Crippen molar-refractivity contribution in [2.24, 2.45) is 36.1 Å². The van der Waals surface area contributed by atoms with Crippen LogP contribution in [-0.2, 0) is 32.8 Å². The Bertz CT molecular complexity index is 2840. The number of hydrogen-bond donors (Lipinski definition) is 1. The summed E-state index contributed by atoms with van der Waals surface area (Å²) in [7, 11) is 1.72. The molecule has 60 heavy (non-hydrogen) atoms. The number of rotatable bonds is 7. The number of halogens is 2. The third kappa shape index (κ3) is 5.82. The molecule has 3 fully saturated rings. The Morgan fingerprint density at radius 3 is 2.43 bits per heavy atom. The van der Waals surface area contributed by atoms with Crippen molar-refractivity contribution < 1.29 is 29.0 Å². The Morgan fingerprint density at radius 2 is 1.68 bits per heavy atom. The van der Waals surface area contributed by atoms with E-state index in [9.17, 15) is 14.7 Å². The summed E-state index contributed by atoms with van der Waals surface area (Å²) < 4.78 is 9.48. The van der Waals surface area contributed by atoms with E-state index in [4.69, 9.17) is 21.4 Å². The fourth-order valence-electron chi connectivity index (χ4n) is 10.2. The van der Waals surface area contributed by atoms with Crippen molar-refractivity contribution >= 4 is 84.1 Å². The lowest BCUT2D eigenvalue weighted by molar-refractivity contribution is -0.131. The van der Waals surface area contributed by atoms with E-state index in [1.807, 2.05) is 61.5 Å². The summed E-state index contributed by atoms with van der Waals surface area (Å²) >= 11 is 11.4. The van der Waals surface area contributed by atoms with Crippen molar-refractivity contribution in [3.05, 3.63) is 135 Å². The molecule has 1 N–H and O–H groups in total. The Labute approximate surface area is 363 Å². The number of anilines is 2. The number of benzene rings is 4. The molecular formula is C47H38BrClN4O6S. The minimum atomic E-state index is -1.37. The number of phenols is 1. The largest absolute Gasteiger partial charge is 0.508 e. The lowest BCUT2D eigenvalue weighted by Crippen LogP contribution is -2.49. The van der Waals surface area contributed by atoms with Crippen LogP contribution < -0.4 is 14.5 Å². The molecule has 2 aliphatic heterocycles. The minimum absolute atomic E-state index is 0.0959. The van der Waals surface area contributed by atoms with E-state index < -0.39 is 46.8 Å². The van der Waals surface area contributed by atoms with Gasteiger partial charge in [0.05, 0.1) is 33.7 Å². The molecular weight excluding hydrogens is 864 g/mol. The van der Waals surface area contributed by atoms with Crippen LogP contribution in [0.15, 0.2) is 113 Å². The predicted octanol–water partition coefficient (Wildman–Crippen LogP) is 9.75. The van der Waals surface area contributed by atoms with Gasteiger partial charge in [-0.25, -0.2) is 4.90 Å². The summed E-state index contributed by atoms with van der Waals surface area (Å²) in [6.07, 6.45) is 2.43. The summed E-state index contributed by atoms with van der Waals surface area (Å²) in [6.45, 7) is 4.09. The highest BCUT2D eigenvalue weighted by Gasteiger charge is 2.68. The van der Waals surface area contributed by atoms with Crippen LogP contribution in [0.25, 0.3) is 20.7 Å². The van der Waals surface area contributed by atoms with Crippen LogP contribution >= 0.6 is 38.9 Å². The van der Waals surface area contributed by atoms with Crippen LogP contribution in [0, 0.1) is 36.0 Å². The van der Waals surface area contributed by atoms with Crippen LogP contribution in [0.4, 0.5) is 11.5 Å². The zero-order chi connectivity index (χ0) is 41.8. The van der Waals surface area contributed by atoms with Gasteiger partial charge in [-0.2, -0.15) is 5.10 Å². The Hall–Kier alpha value is -5.56. The van der Waals surface area contributed by atoms with Crippen molar-refractivity contribution in [3.63, 3.8) is 0 Å². The van der Waals surface area contributed by atoms with E-state index >= 15 is 9.59 Å². The summed E-state index contributed by atoms with van der Waals surface area (Å²) in [6, 6.07) is 29.3. The number of nitrogens with zero attached hydrogens (tertiary/aromatic N) is 4. The topological polar surface area (TPSA) is 122 Å². The van der Waals surface area contributed by atoms with Crippen molar-refractivity contribution in [3.8, 4) is 22.1 Å². The third-order valence-corrected chi connectivity index (χ3v) is 15.2. The Balaban J connectivity index is 1.06. The van der Waals surface area contributed by atoms with Gasteiger partial charge >= 0.3 is 0 Å². The number of thiophene rings is 1. The van der Waals surface area contributed by atoms with E-state index in [0.29, 0.717) is 33.5 Å². The first-order valence-electron chi connectivity index (χ1n) is 19.8. The van der Waals surface area contributed by atoms with Crippen molar-refractivity contribution in [2.45, 2.75) is 39.2 Å². The Kier molecular flexibility index (Phi) is 9.19. The van der Waals surface area contributed by atoms with Gasteiger partial charge in [0, 0.05) is 44.9 Å². The molecule has 4 aromatic carbocycles. The summed E-state index contributed by atoms with van der Waals surface area (Å²) in [5, 5.41) is 18.4. The molecule has 6 unspecified atom stereocenters. The van der Waals surface area contributed by atoms with Gasteiger partial charge in [-0.15, -0.1) is 11.3 Å². The smallest absolute Gasteiger partial charge is 0.242 e. The molecule has 0 bridgehead atoms. The molecule has 10 nitrogen and oxygen atoms in total. The summed E-state index contributed by atoms with van der Waals surface area (Å²) in [5.41, 5.74) is 2.89. The van der Waals surface area contributed by atoms with Gasteiger partial charge < -0.3 is 9.84 Å². The average Bonchev–Trinajstić information content (AvgIpc) is 3.91. The lowest BCUT2D eigenvalue weighted by Gasteiger charge is -2.49. The second-order valence-electron chi connectivity index (χ2n) is 16.4. The first kappa shape index (κ1) is 38.6. The van der Waals surface area contributed by atoms with Crippen LogP contribution in [0.2, 0.25) is 5.02 Å². The summed E-state index contributed by atoms with van der Waals surface area (Å²) in [4.78, 5) is 62.4. The number of aryl methyl sites for hydroxylation is 2. The zero-order valence-electron chi connectivity index (χ0n) is 32.8. The van der Waals surface area contributed by atoms with Crippen LogP contribution in [-0.4, -0.2) is 38.5 Å². The number of aromatic nitrogens is 2.